The van der Waals surface area contributed by atoms with Crippen LogP contribution in [0.3, 0.4) is 0 Å². The first-order valence-electron chi connectivity index (χ1n) is 23.9. The monoisotopic (exact) mass is 910 g/mol. The molecular weight excluding hydrogens is 861 g/mol. The van der Waals surface area contributed by atoms with Crippen molar-refractivity contribution in [3.8, 4) is 0 Å². The van der Waals surface area contributed by atoms with Gasteiger partial charge in [-0.2, -0.15) is 0 Å². The van der Waals surface area contributed by atoms with Crippen molar-refractivity contribution < 1.29 is 8.83 Å². The third-order valence-electron chi connectivity index (χ3n) is 14.1. The zero-order valence-electron chi connectivity index (χ0n) is 39.6. The number of benzene rings is 10. The summed E-state index contributed by atoms with van der Waals surface area (Å²) in [5.74, 6) is 0. The molecule has 0 radical (unpaired) electrons. The molecule has 3 aromatic heterocycles. The van der Waals surface area contributed by atoms with Crippen LogP contribution in [0, 0.1) is 0 Å². The molecule has 0 amide bonds. The zero-order valence-corrected chi connectivity index (χ0v) is 40.4. The van der Waals surface area contributed by atoms with Gasteiger partial charge in [0.2, 0.25) is 0 Å². The van der Waals surface area contributed by atoms with Gasteiger partial charge in [-0.15, -0.1) is 11.3 Å². The summed E-state index contributed by atoms with van der Waals surface area (Å²) in [6.45, 7) is 13.6. The van der Waals surface area contributed by atoms with E-state index in [4.69, 9.17) is 8.83 Å². The summed E-state index contributed by atoms with van der Waals surface area (Å²) >= 11 is 1.89. The van der Waals surface area contributed by atoms with Crippen LogP contribution in [0.1, 0.15) is 52.7 Å². The summed E-state index contributed by atoms with van der Waals surface area (Å²) in [7, 11) is 0. The van der Waals surface area contributed by atoms with Gasteiger partial charge < -0.3 is 18.6 Å². The zero-order chi connectivity index (χ0) is 46.8. The van der Waals surface area contributed by atoms with Gasteiger partial charge in [-0.3, -0.25) is 0 Å². The second-order valence-corrected chi connectivity index (χ2v) is 21.6. The minimum absolute atomic E-state index is 0.0378. The van der Waals surface area contributed by atoms with Crippen molar-refractivity contribution in [2.75, 3.05) is 9.80 Å². The van der Waals surface area contributed by atoms with Crippen molar-refractivity contribution in [2.45, 2.75) is 52.4 Å². The number of anilines is 6. The predicted molar refractivity (Wildman–Crippen MR) is 296 cm³/mol. The number of hydrogen-bond acceptors (Lipinski definition) is 5. The van der Waals surface area contributed by atoms with Gasteiger partial charge in [0, 0.05) is 81.2 Å². The molecule has 0 aliphatic carbocycles. The maximum absolute atomic E-state index is 6.31. The Morgan fingerprint density at radius 1 is 0.319 bits per heavy atom. The predicted octanol–water partition coefficient (Wildman–Crippen LogP) is 19.7. The molecule has 0 aliphatic rings. The van der Waals surface area contributed by atoms with E-state index in [1.165, 1.54) is 52.8 Å². The van der Waals surface area contributed by atoms with E-state index in [0.29, 0.717) is 0 Å². The minimum atomic E-state index is 0.0378. The molecule has 0 N–H and O–H groups in total. The fourth-order valence-electron chi connectivity index (χ4n) is 10.5. The first-order chi connectivity index (χ1) is 33.4. The number of furan rings is 2. The van der Waals surface area contributed by atoms with Crippen LogP contribution >= 0.6 is 11.3 Å². The third-order valence-corrected chi connectivity index (χ3v) is 15.3. The van der Waals surface area contributed by atoms with Crippen LogP contribution in [0.15, 0.2) is 203 Å². The number of fused-ring (bicyclic) bond motifs is 14. The summed E-state index contributed by atoms with van der Waals surface area (Å²) < 4.78 is 15.1. The first-order valence-corrected chi connectivity index (χ1v) is 24.7. The molecule has 10 aromatic carbocycles. The van der Waals surface area contributed by atoms with Gasteiger partial charge in [0.05, 0.1) is 0 Å². The van der Waals surface area contributed by atoms with Gasteiger partial charge in [0.1, 0.15) is 22.3 Å². The Labute approximate surface area is 405 Å². The van der Waals surface area contributed by atoms with Crippen LogP contribution in [-0.2, 0) is 10.8 Å². The average Bonchev–Trinajstić information content (AvgIpc) is 4.05. The van der Waals surface area contributed by atoms with Crippen molar-refractivity contribution in [3.63, 3.8) is 0 Å². The Morgan fingerprint density at radius 3 is 1.22 bits per heavy atom. The van der Waals surface area contributed by atoms with Crippen LogP contribution in [0.25, 0.3) is 85.6 Å². The lowest BCUT2D eigenvalue weighted by Gasteiger charge is -2.27. The van der Waals surface area contributed by atoms with Crippen LogP contribution in [0.4, 0.5) is 34.1 Å². The molecule has 0 bridgehead atoms. The van der Waals surface area contributed by atoms with Crippen molar-refractivity contribution in [2.24, 2.45) is 0 Å². The van der Waals surface area contributed by atoms with Crippen molar-refractivity contribution >= 4 is 131 Å². The van der Waals surface area contributed by atoms with Gasteiger partial charge in [-0.1, -0.05) is 139 Å². The van der Waals surface area contributed by atoms with Crippen LogP contribution in [0.5, 0.6) is 0 Å². The quantitative estimate of drug-likeness (QED) is 0.156. The molecule has 0 aliphatic heterocycles. The Hall–Kier alpha value is -7.86. The fourth-order valence-corrected chi connectivity index (χ4v) is 11.8. The lowest BCUT2D eigenvalue weighted by molar-refractivity contribution is 0.590. The number of hydrogen-bond donors (Lipinski definition) is 0. The molecule has 4 nitrogen and oxygen atoms in total. The Balaban J connectivity index is 0.993. The molecule has 0 saturated carbocycles. The Kier molecular flexibility index (Phi) is 9.18. The fraction of sp³-hybridized carbons (Fsp3) is 0.125. The largest absolute Gasteiger partial charge is 0.456 e. The number of para-hydroxylation sites is 2. The molecule has 0 unspecified atom stereocenters. The topological polar surface area (TPSA) is 32.8 Å². The van der Waals surface area contributed by atoms with Gasteiger partial charge in [0.25, 0.3) is 0 Å². The van der Waals surface area contributed by atoms with Crippen LogP contribution < -0.4 is 9.80 Å². The molecular formula is C64H50N2O2S. The van der Waals surface area contributed by atoms with Crippen molar-refractivity contribution in [1.29, 1.82) is 0 Å². The van der Waals surface area contributed by atoms with Gasteiger partial charge in [-0.05, 0) is 135 Å². The van der Waals surface area contributed by atoms with E-state index in [9.17, 15) is 0 Å². The summed E-state index contributed by atoms with van der Waals surface area (Å²) in [6, 6.07) is 71.1. The Morgan fingerprint density at radius 2 is 0.710 bits per heavy atom. The molecule has 13 aromatic rings. The third kappa shape index (κ3) is 6.78. The lowest BCUT2D eigenvalue weighted by Crippen LogP contribution is -2.13. The smallest absolute Gasteiger partial charge is 0.135 e. The SMILES string of the molecule is CC(C)(C)c1ccc(N(c2ccc3c(c2)sc2c4ccc(N(c5ccc(C(C)(C)C)cc5)c5ccc6oc7ccccc7c6c5)cc4c4ccccc4c32)c2ccc3oc4ccccc4c3c2)cc1. The van der Waals surface area contributed by atoms with E-state index in [1.807, 2.05) is 35.6 Å². The summed E-state index contributed by atoms with van der Waals surface area (Å²) in [5.41, 5.74) is 12.8. The highest BCUT2D eigenvalue weighted by molar-refractivity contribution is 7.27. The van der Waals surface area contributed by atoms with Gasteiger partial charge >= 0.3 is 0 Å². The number of nitrogens with zero attached hydrogens (tertiary/aromatic N) is 2. The summed E-state index contributed by atoms with van der Waals surface area (Å²) in [6.07, 6.45) is 0. The lowest BCUT2D eigenvalue weighted by atomic mass is 9.87. The standard InChI is InChI=1S/C64H50N2O2S/c1-63(2,3)39-19-23-41(24-20-39)65(44-29-33-58-54(36-44)48-14-9-11-17-56(48)67-58)43-27-31-51-53(35-43)47-13-7-8-16-50(47)61-52-32-28-46(38-60(52)69-62(51)61)66(42-25-21-40(22-26-42)64(4,5)6)45-30-34-59-55(37-45)49-15-10-12-18-57(49)68-59/h7-38H,1-6H3. The normalized spacial score (nSPS) is 12.5. The molecule has 334 valence electrons. The van der Waals surface area contributed by atoms with E-state index < -0.39 is 0 Å². The van der Waals surface area contributed by atoms with Crippen LogP contribution in [0.2, 0.25) is 0 Å². The van der Waals surface area contributed by atoms with Crippen LogP contribution in [-0.4, -0.2) is 0 Å². The number of thiophene rings is 1. The minimum Gasteiger partial charge on any atom is -0.456 e. The van der Waals surface area contributed by atoms with Gasteiger partial charge in [0.15, 0.2) is 0 Å². The molecule has 0 saturated heterocycles. The first kappa shape index (κ1) is 41.3. The maximum atomic E-state index is 6.31. The summed E-state index contributed by atoms with van der Waals surface area (Å²) in [4.78, 5) is 4.79. The molecule has 3 heterocycles. The molecule has 69 heavy (non-hydrogen) atoms. The molecule has 0 fully saturated rings. The Bertz CT molecular complexity index is 4160. The van der Waals surface area contributed by atoms with E-state index in [1.54, 1.807) is 0 Å². The average molecular weight is 911 g/mol. The number of rotatable bonds is 6. The van der Waals surface area contributed by atoms with Gasteiger partial charge in [-0.25, -0.2) is 0 Å². The van der Waals surface area contributed by atoms with E-state index >= 15 is 0 Å². The van der Waals surface area contributed by atoms with Crippen molar-refractivity contribution in [3.05, 3.63) is 205 Å². The van der Waals surface area contributed by atoms with Crippen molar-refractivity contribution in [1.82, 2.24) is 0 Å². The molecule has 13 rings (SSSR count). The highest BCUT2D eigenvalue weighted by Gasteiger charge is 2.23. The molecule has 0 atom stereocenters. The maximum Gasteiger partial charge on any atom is 0.135 e. The second kappa shape index (κ2) is 15.3. The molecule has 0 spiro atoms. The second-order valence-electron chi connectivity index (χ2n) is 20.6. The highest BCUT2D eigenvalue weighted by Crippen LogP contribution is 2.49. The van der Waals surface area contributed by atoms with E-state index in [2.05, 4.69) is 221 Å². The highest BCUT2D eigenvalue weighted by atomic mass is 32.1. The molecule has 5 heteroatoms. The van der Waals surface area contributed by atoms with E-state index in [0.717, 1.165) is 78.0 Å². The van der Waals surface area contributed by atoms with E-state index in [-0.39, 0.29) is 10.8 Å². The summed E-state index contributed by atoms with van der Waals surface area (Å²) in [5, 5.41) is 12.0.